The third kappa shape index (κ3) is 6.01. The third-order valence-electron chi connectivity index (χ3n) is 4.28. The van der Waals surface area contributed by atoms with Crippen molar-refractivity contribution in [3.63, 3.8) is 0 Å². The van der Waals surface area contributed by atoms with Gasteiger partial charge in [0.1, 0.15) is 0 Å². The van der Waals surface area contributed by atoms with Crippen LogP contribution >= 0.6 is 0 Å². The maximum absolute atomic E-state index is 12.1. The second-order valence-electron chi connectivity index (χ2n) is 6.63. The number of hydrogen-bond acceptors (Lipinski definition) is 3. The smallest absolute Gasteiger partial charge is 0.313 e. The van der Waals surface area contributed by atoms with Crippen LogP contribution in [0, 0.1) is 0 Å². The first-order chi connectivity index (χ1) is 12.4. The van der Waals surface area contributed by atoms with Crippen LogP contribution in [-0.2, 0) is 22.4 Å². The number of anilines is 1. The van der Waals surface area contributed by atoms with Gasteiger partial charge in [0.15, 0.2) is 0 Å². The minimum Gasteiger partial charge on any atom is -0.388 e. The molecule has 0 heterocycles. The number of aryl methyl sites for hydroxylation is 2. The van der Waals surface area contributed by atoms with E-state index in [4.69, 9.17) is 0 Å². The van der Waals surface area contributed by atoms with Gasteiger partial charge in [0.2, 0.25) is 0 Å². The third-order valence-corrected chi connectivity index (χ3v) is 4.28. The van der Waals surface area contributed by atoms with Gasteiger partial charge in [-0.2, -0.15) is 0 Å². The van der Waals surface area contributed by atoms with Crippen LogP contribution in [0.2, 0.25) is 0 Å². The van der Waals surface area contributed by atoms with Gasteiger partial charge in [0.05, 0.1) is 5.60 Å². The molecule has 5 heteroatoms. The summed E-state index contributed by atoms with van der Waals surface area (Å²) < 4.78 is 0. The van der Waals surface area contributed by atoms with Crippen molar-refractivity contribution in [3.8, 4) is 0 Å². The number of amides is 2. The zero-order chi connectivity index (χ0) is 19.0. The van der Waals surface area contributed by atoms with Crippen LogP contribution in [0.4, 0.5) is 5.69 Å². The Hall–Kier alpha value is -2.66. The summed E-state index contributed by atoms with van der Waals surface area (Å²) in [6.45, 7) is 3.65. The SMILES string of the molecule is CCc1ccccc1NC(=O)C(=O)NCC(C)(O)CCc1ccccc1. The van der Waals surface area contributed by atoms with Crippen LogP contribution in [0.3, 0.4) is 0 Å². The van der Waals surface area contributed by atoms with E-state index in [1.54, 1.807) is 19.1 Å². The second kappa shape index (κ2) is 9.15. The molecule has 0 aliphatic carbocycles. The predicted octanol–water partition coefficient (Wildman–Crippen LogP) is 2.69. The Morgan fingerprint density at radius 3 is 2.35 bits per heavy atom. The molecule has 0 fully saturated rings. The lowest BCUT2D eigenvalue weighted by Crippen LogP contribution is -2.44. The summed E-state index contributed by atoms with van der Waals surface area (Å²) in [6, 6.07) is 17.2. The summed E-state index contributed by atoms with van der Waals surface area (Å²) in [4.78, 5) is 24.1. The van der Waals surface area contributed by atoms with Crippen molar-refractivity contribution >= 4 is 17.5 Å². The standard InChI is InChI=1S/C21H26N2O3/c1-3-17-11-7-8-12-18(17)23-20(25)19(24)22-15-21(2,26)14-13-16-9-5-4-6-10-16/h4-12,26H,3,13-15H2,1-2H3,(H,22,24)(H,23,25). The Kier molecular flexibility index (Phi) is 6.92. The molecule has 26 heavy (non-hydrogen) atoms. The van der Waals surface area contributed by atoms with Gasteiger partial charge >= 0.3 is 11.8 Å². The molecule has 0 aliphatic heterocycles. The summed E-state index contributed by atoms with van der Waals surface area (Å²) in [5, 5.41) is 15.6. The Morgan fingerprint density at radius 1 is 1.00 bits per heavy atom. The summed E-state index contributed by atoms with van der Waals surface area (Å²) in [7, 11) is 0. The van der Waals surface area contributed by atoms with Gasteiger partial charge in [-0.15, -0.1) is 0 Å². The van der Waals surface area contributed by atoms with E-state index in [1.807, 2.05) is 49.4 Å². The number of benzene rings is 2. The molecule has 2 aromatic rings. The van der Waals surface area contributed by atoms with Crippen molar-refractivity contribution < 1.29 is 14.7 Å². The lowest BCUT2D eigenvalue weighted by molar-refractivity contribution is -0.136. The molecule has 2 aromatic carbocycles. The van der Waals surface area contributed by atoms with Gasteiger partial charge < -0.3 is 15.7 Å². The van der Waals surface area contributed by atoms with E-state index in [0.717, 1.165) is 17.5 Å². The highest BCUT2D eigenvalue weighted by molar-refractivity contribution is 6.39. The summed E-state index contributed by atoms with van der Waals surface area (Å²) >= 11 is 0. The van der Waals surface area contributed by atoms with Gasteiger partial charge in [-0.05, 0) is 43.4 Å². The van der Waals surface area contributed by atoms with E-state index in [9.17, 15) is 14.7 Å². The normalized spacial score (nSPS) is 12.9. The van der Waals surface area contributed by atoms with Crippen LogP contribution < -0.4 is 10.6 Å². The fraction of sp³-hybridized carbons (Fsp3) is 0.333. The topological polar surface area (TPSA) is 78.4 Å². The van der Waals surface area contributed by atoms with Crippen molar-refractivity contribution in [3.05, 3.63) is 65.7 Å². The number of rotatable bonds is 7. The zero-order valence-electron chi connectivity index (χ0n) is 15.3. The Bertz CT molecular complexity index is 742. The number of para-hydroxylation sites is 1. The van der Waals surface area contributed by atoms with Crippen LogP contribution in [-0.4, -0.2) is 29.1 Å². The molecule has 0 bridgehead atoms. The van der Waals surface area contributed by atoms with E-state index in [0.29, 0.717) is 18.5 Å². The van der Waals surface area contributed by atoms with E-state index in [2.05, 4.69) is 10.6 Å². The van der Waals surface area contributed by atoms with Crippen LogP contribution in [0.1, 0.15) is 31.4 Å². The maximum atomic E-state index is 12.1. The summed E-state index contributed by atoms with van der Waals surface area (Å²) in [5.74, 6) is -1.49. The van der Waals surface area contributed by atoms with Crippen molar-refractivity contribution in [2.24, 2.45) is 0 Å². The molecule has 2 amide bonds. The number of hydrogen-bond donors (Lipinski definition) is 3. The molecule has 0 radical (unpaired) electrons. The number of carbonyl (C=O) groups is 2. The van der Waals surface area contributed by atoms with Crippen LogP contribution in [0.25, 0.3) is 0 Å². The molecule has 2 rings (SSSR count). The average Bonchev–Trinajstić information content (AvgIpc) is 2.66. The van der Waals surface area contributed by atoms with E-state index in [1.165, 1.54) is 0 Å². The molecule has 5 nitrogen and oxygen atoms in total. The fourth-order valence-electron chi connectivity index (χ4n) is 2.63. The first-order valence-corrected chi connectivity index (χ1v) is 8.84. The Morgan fingerprint density at radius 2 is 1.65 bits per heavy atom. The summed E-state index contributed by atoms with van der Waals surface area (Å²) in [5.41, 5.74) is 1.62. The molecule has 3 N–H and O–H groups in total. The van der Waals surface area contributed by atoms with Crippen LogP contribution in [0.5, 0.6) is 0 Å². The Labute approximate surface area is 154 Å². The molecule has 0 aromatic heterocycles. The van der Waals surface area contributed by atoms with Crippen molar-refractivity contribution in [1.29, 1.82) is 0 Å². The monoisotopic (exact) mass is 354 g/mol. The van der Waals surface area contributed by atoms with Crippen molar-refractivity contribution in [2.75, 3.05) is 11.9 Å². The number of carbonyl (C=O) groups excluding carboxylic acids is 2. The van der Waals surface area contributed by atoms with Gasteiger partial charge in [0, 0.05) is 12.2 Å². The summed E-state index contributed by atoms with van der Waals surface area (Å²) in [6.07, 6.45) is 1.93. The molecule has 1 unspecified atom stereocenters. The van der Waals surface area contributed by atoms with Crippen molar-refractivity contribution in [2.45, 2.75) is 38.7 Å². The van der Waals surface area contributed by atoms with Gasteiger partial charge in [-0.25, -0.2) is 0 Å². The van der Waals surface area contributed by atoms with E-state index < -0.39 is 17.4 Å². The minimum absolute atomic E-state index is 0.0154. The minimum atomic E-state index is -1.09. The molecular weight excluding hydrogens is 328 g/mol. The highest BCUT2D eigenvalue weighted by Crippen LogP contribution is 2.16. The predicted molar refractivity (Wildman–Crippen MR) is 103 cm³/mol. The highest BCUT2D eigenvalue weighted by Gasteiger charge is 2.23. The molecular formula is C21H26N2O3. The van der Waals surface area contributed by atoms with Crippen LogP contribution in [0.15, 0.2) is 54.6 Å². The fourth-order valence-corrected chi connectivity index (χ4v) is 2.63. The van der Waals surface area contributed by atoms with Gasteiger partial charge in [-0.3, -0.25) is 9.59 Å². The lowest BCUT2D eigenvalue weighted by atomic mass is 9.97. The maximum Gasteiger partial charge on any atom is 0.313 e. The molecule has 138 valence electrons. The zero-order valence-corrected chi connectivity index (χ0v) is 15.3. The van der Waals surface area contributed by atoms with E-state index >= 15 is 0 Å². The number of nitrogens with one attached hydrogen (secondary N) is 2. The molecule has 0 spiro atoms. The molecule has 0 saturated carbocycles. The highest BCUT2D eigenvalue weighted by atomic mass is 16.3. The van der Waals surface area contributed by atoms with E-state index in [-0.39, 0.29) is 6.54 Å². The first-order valence-electron chi connectivity index (χ1n) is 8.84. The van der Waals surface area contributed by atoms with Gasteiger partial charge in [-0.1, -0.05) is 55.5 Å². The Balaban J connectivity index is 1.83. The second-order valence-corrected chi connectivity index (χ2v) is 6.63. The quantitative estimate of drug-likeness (QED) is 0.669. The first kappa shape index (κ1) is 19.7. The molecule has 0 aliphatic rings. The van der Waals surface area contributed by atoms with Gasteiger partial charge in [0.25, 0.3) is 0 Å². The number of aliphatic hydroxyl groups is 1. The molecule has 0 saturated heterocycles. The lowest BCUT2D eigenvalue weighted by Gasteiger charge is -2.23. The van der Waals surface area contributed by atoms with Crippen molar-refractivity contribution in [1.82, 2.24) is 5.32 Å². The molecule has 1 atom stereocenters. The average molecular weight is 354 g/mol. The largest absolute Gasteiger partial charge is 0.388 e.